The quantitative estimate of drug-likeness (QED) is 0.642. The molecule has 1 aromatic carbocycles. The predicted molar refractivity (Wildman–Crippen MR) is 80.8 cm³/mol. The number of ether oxygens (including phenoxy) is 1. The maximum Gasteiger partial charge on any atom is 0.233 e. The first kappa shape index (κ1) is 17.6. The van der Waals surface area contributed by atoms with Gasteiger partial charge in [0.25, 0.3) is 0 Å². The molecule has 6 nitrogen and oxygen atoms in total. The Morgan fingerprint density at radius 2 is 1.90 bits per heavy atom. The van der Waals surface area contributed by atoms with Gasteiger partial charge in [0.2, 0.25) is 5.91 Å². The molecule has 0 aliphatic carbocycles. The number of carbonyl (C=O) groups excluding carboxylic acids is 1. The molecule has 1 rings (SSSR count). The predicted octanol–water partition coefficient (Wildman–Crippen LogP) is 0.332. The van der Waals surface area contributed by atoms with Crippen LogP contribution in [0.4, 0.5) is 0 Å². The van der Waals surface area contributed by atoms with Gasteiger partial charge in [0.05, 0.1) is 11.4 Å². The molecular weight excluding hydrogens is 292 g/mol. The largest absolute Gasteiger partial charge is 0.385 e. The van der Waals surface area contributed by atoms with Gasteiger partial charge >= 0.3 is 0 Å². The first-order valence-corrected chi connectivity index (χ1v) is 8.58. The van der Waals surface area contributed by atoms with Crippen molar-refractivity contribution in [2.75, 3.05) is 33.1 Å². The first-order valence-electron chi connectivity index (χ1n) is 6.69. The molecule has 0 aliphatic heterocycles. The normalized spacial score (nSPS) is 11.3. The lowest BCUT2D eigenvalue weighted by atomic mass is 10.2. The van der Waals surface area contributed by atoms with Gasteiger partial charge in [-0.3, -0.25) is 4.79 Å². The molecule has 0 unspecified atom stereocenters. The maximum absolute atomic E-state index is 11.5. The summed E-state index contributed by atoms with van der Waals surface area (Å²) >= 11 is 0. The lowest BCUT2D eigenvalue weighted by molar-refractivity contribution is -0.120. The fourth-order valence-corrected chi connectivity index (χ4v) is 2.31. The Bertz CT molecular complexity index is 541. The summed E-state index contributed by atoms with van der Waals surface area (Å²) in [4.78, 5) is 11.8. The minimum Gasteiger partial charge on any atom is -0.385 e. The van der Waals surface area contributed by atoms with E-state index in [1.807, 2.05) is 0 Å². The third-order valence-corrected chi connectivity index (χ3v) is 3.94. The average Bonchev–Trinajstić information content (AvgIpc) is 2.43. The van der Waals surface area contributed by atoms with E-state index in [-0.39, 0.29) is 12.5 Å². The summed E-state index contributed by atoms with van der Waals surface area (Å²) in [6, 6.07) is 6.61. The molecule has 0 aliphatic rings. The number of nitrogens with one attached hydrogen (secondary N) is 2. The van der Waals surface area contributed by atoms with Crippen LogP contribution in [0.25, 0.3) is 0 Å². The number of hydrogen-bond donors (Lipinski definition) is 2. The highest BCUT2D eigenvalue weighted by atomic mass is 32.2. The first-order chi connectivity index (χ1) is 9.93. The van der Waals surface area contributed by atoms with Crippen molar-refractivity contribution < 1.29 is 17.9 Å². The molecule has 1 aromatic rings. The van der Waals surface area contributed by atoms with E-state index in [1.165, 1.54) is 6.26 Å². The third kappa shape index (κ3) is 7.22. The molecule has 0 bridgehead atoms. The van der Waals surface area contributed by atoms with Crippen LogP contribution < -0.4 is 10.6 Å². The highest BCUT2D eigenvalue weighted by Crippen LogP contribution is 2.09. The Kier molecular flexibility index (Phi) is 7.35. The van der Waals surface area contributed by atoms with E-state index in [0.717, 1.165) is 12.0 Å². The summed E-state index contributed by atoms with van der Waals surface area (Å²) in [5, 5.41) is 5.78. The van der Waals surface area contributed by atoms with Crippen LogP contribution in [0.3, 0.4) is 0 Å². The molecule has 0 heterocycles. The molecule has 2 N–H and O–H groups in total. The van der Waals surface area contributed by atoms with Crippen LogP contribution in [-0.2, 0) is 25.9 Å². The van der Waals surface area contributed by atoms with E-state index in [1.54, 1.807) is 31.4 Å². The number of hydrogen-bond acceptors (Lipinski definition) is 5. The van der Waals surface area contributed by atoms with E-state index in [2.05, 4.69) is 10.6 Å². The van der Waals surface area contributed by atoms with Crippen molar-refractivity contribution >= 4 is 15.7 Å². The average molecular weight is 314 g/mol. The Morgan fingerprint density at radius 3 is 2.48 bits per heavy atom. The second kappa shape index (κ2) is 8.76. The summed E-state index contributed by atoms with van der Waals surface area (Å²) < 4.78 is 27.5. The zero-order valence-corrected chi connectivity index (χ0v) is 13.2. The fraction of sp³-hybridized carbons (Fsp3) is 0.500. The van der Waals surface area contributed by atoms with E-state index in [9.17, 15) is 13.2 Å². The second-order valence-corrected chi connectivity index (χ2v) is 6.73. The van der Waals surface area contributed by atoms with Gasteiger partial charge in [-0.05, 0) is 24.1 Å². The van der Waals surface area contributed by atoms with Gasteiger partial charge in [-0.15, -0.1) is 0 Å². The Labute approximate surface area is 125 Å². The van der Waals surface area contributed by atoms with Gasteiger partial charge in [0.15, 0.2) is 9.84 Å². The summed E-state index contributed by atoms with van der Waals surface area (Å²) in [6.07, 6.45) is 1.96. The molecule has 21 heavy (non-hydrogen) atoms. The van der Waals surface area contributed by atoms with E-state index in [4.69, 9.17) is 4.74 Å². The molecule has 0 fully saturated rings. The zero-order chi connectivity index (χ0) is 15.7. The molecule has 0 saturated heterocycles. The topological polar surface area (TPSA) is 84.5 Å². The van der Waals surface area contributed by atoms with Crippen LogP contribution >= 0.6 is 0 Å². The highest BCUT2D eigenvalue weighted by Gasteiger charge is 2.06. The molecule has 1 amide bonds. The number of sulfone groups is 1. The van der Waals surface area contributed by atoms with E-state index >= 15 is 0 Å². The van der Waals surface area contributed by atoms with Crippen molar-refractivity contribution in [3.05, 3.63) is 29.8 Å². The van der Waals surface area contributed by atoms with Crippen molar-refractivity contribution in [2.45, 2.75) is 17.9 Å². The Hall–Kier alpha value is -1.44. The second-order valence-electron chi connectivity index (χ2n) is 4.72. The van der Waals surface area contributed by atoms with Gasteiger partial charge in [0, 0.05) is 33.1 Å². The number of amides is 1. The SMILES string of the molecule is COCCCNC(=O)CNCc1ccc(S(C)(=O)=O)cc1. The fourth-order valence-electron chi connectivity index (χ4n) is 1.68. The lowest BCUT2D eigenvalue weighted by Crippen LogP contribution is -2.34. The van der Waals surface area contributed by atoms with Gasteiger partial charge in [-0.25, -0.2) is 8.42 Å². The van der Waals surface area contributed by atoms with Gasteiger partial charge in [-0.1, -0.05) is 12.1 Å². The minimum absolute atomic E-state index is 0.0705. The molecule has 0 atom stereocenters. The van der Waals surface area contributed by atoms with Crippen LogP contribution in [0.2, 0.25) is 0 Å². The minimum atomic E-state index is -3.16. The number of benzene rings is 1. The van der Waals surface area contributed by atoms with Crippen molar-refractivity contribution in [2.24, 2.45) is 0 Å². The Morgan fingerprint density at radius 1 is 1.24 bits per heavy atom. The molecular formula is C14H22N2O4S. The number of rotatable bonds is 9. The molecule has 0 spiro atoms. The zero-order valence-electron chi connectivity index (χ0n) is 12.4. The summed E-state index contributed by atoms with van der Waals surface area (Å²) in [5.41, 5.74) is 0.926. The van der Waals surface area contributed by atoms with Crippen LogP contribution in [-0.4, -0.2) is 47.4 Å². The summed E-state index contributed by atoms with van der Waals surface area (Å²) in [7, 11) is -1.54. The molecule has 0 saturated carbocycles. The highest BCUT2D eigenvalue weighted by molar-refractivity contribution is 7.90. The van der Waals surface area contributed by atoms with Crippen molar-refractivity contribution in [3.8, 4) is 0 Å². The maximum atomic E-state index is 11.5. The van der Waals surface area contributed by atoms with Gasteiger partial charge in [-0.2, -0.15) is 0 Å². The van der Waals surface area contributed by atoms with Crippen LogP contribution in [0.1, 0.15) is 12.0 Å². The van der Waals surface area contributed by atoms with Gasteiger partial charge in [0.1, 0.15) is 0 Å². The standard InChI is InChI=1S/C14H22N2O4S/c1-20-9-3-8-16-14(17)11-15-10-12-4-6-13(7-5-12)21(2,18)19/h4-7,15H,3,8-11H2,1-2H3,(H,16,17). The summed E-state index contributed by atoms with van der Waals surface area (Å²) in [6.45, 7) is 1.95. The molecule has 118 valence electrons. The van der Waals surface area contributed by atoms with Crippen LogP contribution in [0.5, 0.6) is 0 Å². The molecule has 7 heteroatoms. The lowest BCUT2D eigenvalue weighted by Gasteiger charge is -2.07. The van der Waals surface area contributed by atoms with Crippen molar-refractivity contribution in [1.29, 1.82) is 0 Å². The van der Waals surface area contributed by atoms with Gasteiger partial charge < -0.3 is 15.4 Å². The smallest absolute Gasteiger partial charge is 0.233 e. The monoisotopic (exact) mass is 314 g/mol. The van der Waals surface area contributed by atoms with Crippen LogP contribution in [0.15, 0.2) is 29.2 Å². The van der Waals surface area contributed by atoms with E-state index < -0.39 is 9.84 Å². The van der Waals surface area contributed by atoms with Crippen molar-refractivity contribution in [3.63, 3.8) is 0 Å². The summed E-state index contributed by atoms with van der Waals surface area (Å²) in [5.74, 6) is -0.0705. The van der Waals surface area contributed by atoms with Crippen molar-refractivity contribution in [1.82, 2.24) is 10.6 Å². The number of carbonyl (C=O) groups is 1. The van der Waals surface area contributed by atoms with E-state index in [0.29, 0.717) is 24.6 Å². The Balaban J connectivity index is 2.28. The van der Waals surface area contributed by atoms with Crippen LogP contribution in [0, 0.1) is 0 Å². The third-order valence-electron chi connectivity index (χ3n) is 2.81. The molecule has 0 radical (unpaired) electrons. The molecule has 0 aromatic heterocycles. The number of methoxy groups -OCH3 is 1.